The number of hydrogen-bond donors (Lipinski definition) is 3. The lowest BCUT2D eigenvalue weighted by atomic mass is 10.0. The van der Waals surface area contributed by atoms with Gasteiger partial charge in [0.2, 0.25) is 0 Å². The summed E-state index contributed by atoms with van der Waals surface area (Å²) < 4.78 is 7.80. The molecule has 1 atom stereocenters. The third-order valence-corrected chi connectivity index (χ3v) is 7.72. The van der Waals surface area contributed by atoms with E-state index in [1.54, 1.807) is 29.0 Å². The van der Waals surface area contributed by atoms with Crippen LogP contribution in [0.4, 0.5) is 11.5 Å². The summed E-state index contributed by atoms with van der Waals surface area (Å²) in [6.07, 6.45) is 7.05. The van der Waals surface area contributed by atoms with Crippen molar-refractivity contribution in [2.24, 2.45) is 11.7 Å². The van der Waals surface area contributed by atoms with Crippen molar-refractivity contribution in [3.05, 3.63) is 40.4 Å². The Bertz CT molecular complexity index is 1160. The Hall–Kier alpha value is -2.95. The second kappa shape index (κ2) is 11.6. The van der Waals surface area contributed by atoms with Gasteiger partial charge in [-0.2, -0.15) is 4.98 Å². The molecule has 1 aromatic heterocycles. The topological polar surface area (TPSA) is 118 Å². The molecule has 200 valence electrons. The van der Waals surface area contributed by atoms with Crippen molar-refractivity contribution >= 4 is 17.4 Å². The van der Waals surface area contributed by atoms with E-state index in [0.717, 1.165) is 64.4 Å². The summed E-state index contributed by atoms with van der Waals surface area (Å²) in [4.78, 5) is 34.7. The fraction of sp³-hybridized carbons (Fsp3) is 0.593. The molecule has 4 N–H and O–H groups in total. The molecule has 37 heavy (non-hydrogen) atoms. The lowest BCUT2D eigenvalue weighted by Crippen LogP contribution is -2.40. The molecule has 2 aromatic rings. The molecule has 2 saturated heterocycles. The van der Waals surface area contributed by atoms with Crippen LogP contribution in [-0.4, -0.2) is 77.6 Å². The maximum Gasteiger partial charge on any atom is 0.350 e. The largest absolute Gasteiger partial charge is 0.450 e. The van der Waals surface area contributed by atoms with Gasteiger partial charge in [0.05, 0.1) is 11.9 Å². The highest BCUT2D eigenvalue weighted by atomic mass is 16.5. The quantitative estimate of drug-likeness (QED) is 0.424. The summed E-state index contributed by atoms with van der Waals surface area (Å²) >= 11 is 0. The number of amides is 1. The minimum Gasteiger partial charge on any atom is -0.450 e. The van der Waals surface area contributed by atoms with E-state index in [1.165, 1.54) is 12.8 Å². The van der Waals surface area contributed by atoms with E-state index in [9.17, 15) is 9.59 Å². The SMILES string of the molecule is CC1CCCN(CCNC(=O)c2ccc3c(c2)Nc2nc(=O)n(C4CCN(CCCN)CC4)cc2O3)C1. The average molecular weight is 510 g/mol. The molecule has 2 fully saturated rings. The normalized spacial score (nSPS) is 20.4. The number of anilines is 2. The van der Waals surface area contributed by atoms with E-state index in [1.807, 2.05) is 0 Å². The summed E-state index contributed by atoms with van der Waals surface area (Å²) in [5, 5.41) is 6.22. The number of nitrogens with two attached hydrogens (primary N) is 1. The molecule has 0 bridgehead atoms. The molecule has 5 rings (SSSR count). The molecule has 0 radical (unpaired) electrons. The van der Waals surface area contributed by atoms with Crippen molar-refractivity contribution in [3.63, 3.8) is 0 Å². The predicted octanol–water partition coefficient (Wildman–Crippen LogP) is 2.54. The van der Waals surface area contributed by atoms with Crippen molar-refractivity contribution in [1.29, 1.82) is 0 Å². The number of benzene rings is 1. The molecular weight excluding hydrogens is 470 g/mol. The van der Waals surface area contributed by atoms with Gasteiger partial charge >= 0.3 is 5.69 Å². The lowest BCUT2D eigenvalue weighted by Gasteiger charge is -2.33. The van der Waals surface area contributed by atoms with Gasteiger partial charge in [-0.3, -0.25) is 9.36 Å². The molecule has 1 amide bonds. The Labute approximate surface area is 218 Å². The molecule has 0 spiro atoms. The Balaban J connectivity index is 1.20. The Morgan fingerprint density at radius 3 is 2.78 bits per heavy atom. The van der Waals surface area contributed by atoms with Gasteiger partial charge in [-0.15, -0.1) is 0 Å². The first-order valence-electron chi connectivity index (χ1n) is 13.6. The number of carbonyl (C=O) groups excluding carboxylic acids is 1. The summed E-state index contributed by atoms with van der Waals surface area (Å²) in [6.45, 7) is 9.54. The molecule has 10 heteroatoms. The van der Waals surface area contributed by atoms with Crippen LogP contribution in [0.15, 0.2) is 29.2 Å². The van der Waals surface area contributed by atoms with Crippen molar-refractivity contribution in [3.8, 4) is 11.5 Å². The minimum absolute atomic E-state index is 0.101. The molecule has 1 aromatic carbocycles. The standard InChI is InChI=1S/C27H39N7O3/c1-19-4-2-11-33(17-19)15-10-29-26(35)20-5-6-23-22(16-20)30-25-24(37-23)18-34(27(36)31-25)21-7-13-32(14-8-21)12-3-9-28/h5-6,16,18-19,21H,2-4,7-15,17,28H2,1H3,(H,29,35)(H,30,31,36). The van der Waals surface area contributed by atoms with Gasteiger partial charge < -0.3 is 30.9 Å². The number of nitrogens with zero attached hydrogens (tertiary/aromatic N) is 4. The molecule has 10 nitrogen and oxygen atoms in total. The third-order valence-electron chi connectivity index (χ3n) is 7.72. The van der Waals surface area contributed by atoms with Gasteiger partial charge in [0, 0.05) is 44.3 Å². The highest BCUT2D eigenvalue weighted by Gasteiger charge is 2.26. The molecule has 3 aliphatic rings. The predicted molar refractivity (Wildman–Crippen MR) is 144 cm³/mol. The molecule has 3 aliphatic heterocycles. The van der Waals surface area contributed by atoms with Gasteiger partial charge in [-0.05, 0) is 75.9 Å². The zero-order valence-corrected chi connectivity index (χ0v) is 21.7. The van der Waals surface area contributed by atoms with Crippen LogP contribution in [-0.2, 0) is 0 Å². The van der Waals surface area contributed by atoms with Gasteiger partial charge in [0.15, 0.2) is 17.3 Å². The number of rotatable bonds is 8. The molecule has 0 saturated carbocycles. The van der Waals surface area contributed by atoms with Crippen LogP contribution in [0.1, 0.15) is 55.4 Å². The van der Waals surface area contributed by atoms with Gasteiger partial charge in [0.25, 0.3) is 5.91 Å². The van der Waals surface area contributed by atoms with Crippen LogP contribution in [0, 0.1) is 5.92 Å². The fourth-order valence-corrected chi connectivity index (χ4v) is 5.64. The van der Waals surface area contributed by atoms with E-state index < -0.39 is 0 Å². The van der Waals surface area contributed by atoms with Gasteiger partial charge in [-0.25, -0.2) is 4.79 Å². The van der Waals surface area contributed by atoms with Gasteiger partial charge in [0.1, 0.15) is 0 Å². The van der Waals surface area contributed by atoms with Crippen molar-refractivity contribution in [1.82, 2.24) is 24.7 Å². The summed E-state index contributed by atoms with van der Waals surface area (Å²) in [5.74, 6) is 2.10. The van der Waals surface area contributed by atoms with Crippen molar-refractivity contribution in [2.75, 3.05) is 57.7 Å². The van der Waals surface area contributed by atoms with E-state index in [2.05, 4.69) is 32.3 Å². The van der Waals surface area contributed by atoms with E-state index >= 15 is 0 Å². The zero-order valence-electron chi connectivity index (χ0n) is 21.7. The molecule has 4 heterocycles. The molecule has 0 aliphatic carbocycles. The molecule has 1 unspecified atom stereocenters. The first-order chi connectivity index (χ1) is 18.0. The van der Waals surface area contributed by atoms with E-state index in [0.29, 0.717) is 41.7 Å². The van der Waals surface area contributed by atoms with Crippen LogP contribution < -0.4 is 26.8 Å². The first-order valence-corrected chi connectivity index (χ1v) is 13.6. The number of aromatic nitrogens is 2. The number of hydrogen-bond acceptors (Lipinski definition) is 8. The number of carbonyl (C=O) groups is 1. The second-order valence-electron chi connectivity index (χ2n) is 10.6. The Morgan fingerprint density at radius 2 is 2.00 bits per heavy atom. The maximum atomic E-state index is 12.9. The monoisotopic (exact) mass is 509 g/mol. The van der Waals surface area contributed by atoms with E-state index in [4.69, 9.17) is 10.5 Å². The number of nitrogens with one attached hydrogen (secondary N) is 2. The van der Waals surface area contributed by atoms with Crippen LogP contribution in [0.5, 0.6) is 11.5 Å². The number of piperidine rings is 2. The Morgan fingerprint density at radius 1 is 1.16 bits per heavy atom. The van der Waals surface area contributed by atoms with Crippen LogP contribution in [0.3, 0.4) is 0 Å². The summed E-state index contributed by atoms with van der Waals surface area (Å²) in [7, 11) is 0. The number of ether oxygens (including phenoxy) is 1. The minimum atomic E-state index is -0.292. The third kappa shape index (κ3) is 6.14. The van der Waals surface area contributed by atoms with E-state index in [-0.39, 0.29) is 17.6 Å². The summed E-state index contributed by atoms with van der Waals surface area (Å²) in [6, 6.07) is 5.41. The van der Waals surface area contributed by atoms with Crippen molar-refractivity contribution < 1.29 is 9.53 Å². The Kier molecular flexibility index (Phi) is 8.07. The van der Waals surface area contributed by atoms with Crippen LogP contribution >= 0.6 is 0 Å². The zero-order chi connectivity index (χ0) is 25.8. The lowest BCUT2D eigenvalue weighted by molar-refractivity contribution is 0.0944. The van der Waals surface area contributed by atoms with Crippen molar-refractivity contribution in [2.45, 2.75) is 45.1 Å². The number of likely N-dealkylation sites (tertiary alicyclic amines) is 2. The van der Waals surface area contributed by atoms with Crippen LogP contribution in [0.25, 0.3) is 0 Å². The number of fused-ring (bicyclic) bond motifs is 2. The highest BCUT2D eigenvalue weighted by Crippen LogP contribution is 2.41. The van der Waals surface area contributed by atoms with Gasteiger partial charge in [-0.1, -0.05) is 6.92 Å². The smallest absolute Gasteiger partial charge is 0.350 e. The fourth-order valence-electron chi connectivity index (χ4n) is 5.64. The highest BCUT2D eigenvalue weighted by molar-refractivity contribution is 5.96. The molecular formula is C27H39N7O3. The van der Waals surface area contributed by atoms with Crippen LogP contribution in [0.2, 0.25) is 0 Å². The second-order valence-corrected chi connectivity index (χ2v) is 10.6. The summed E-state index contributed by atoms with van der Waals surface area (Å²) in [5.41, 5.74) is 6.51. The average Bonchev–Trinajstić information content (AvgIpc) is 2.90. The first kappa shape index (κ1) is 25.7. The maximum absolute atomic E-state index is 12.9.